The van der Waals surface area contributed by atoms with Crippen molar-refractivity contribution in [2.24, 2.45) is 5.41 Å². The van der Waals surface area contributed by atoms with Crippen molar-refractivity contribution >= 4 is 23.5 Å². The molecule has 2 aliphatic carbocycles. The molecule has 3 N–H and O–H groups in total. The summed E-state index contributed by atoms with van der Waals surface area (Å²) in [6.45, 7) is 0.481. The molecule has 2 aliphatic rings. The molecule has 0 heterocycles. The molecule has 0 saturated heterocycles. The molecule has 6 heteroatoms. The van der Waals surface area contributed by atoms with Crippen LogP contribution in [0, 0.1) is 5.41 Å². The molecule has 2 fully saturated rings. The first-order valence-electron chi connectivity index (χ1n) is 9.66. The van der Waals surface area contributed by atoms with Crippen molar-refractivity contribution in [1.82, 2.24) is 16.0 Å². The number of urea groups is 1. The molecular formula is C22H24ClN3O2. The van der Waals surface area contributed by atoms with Gasteiger partial charge in [-0.2, -0.15) is 0 Å². The second kappa shape index (κ2) is 7.84. The highest BCUT2D eigenvalue weighted by molar-refractivity contribution is 6.30. The first kappa shape index (κ1) is 18.8. The van der Waals surface area contributed by atoms with Crippen molar-refractivity contribution < 1.29 is 9.59 Å². The fourth-order valence-electron chi connectivity index (χ4n) is 4.39. The van der Waals surface area contributed by atoms with Gasteiger partial charge in [0.25, 0.3) is 5.91 Å². The van der Waals surface area contributed by atoms with Crippen LogP contribution in [0.4, 0.5) is 4.79 Å². The van der Waals surface area contributed by atoms with Crippen molar-refractivity contribution in [3.63, 3.8) is 0 Å². The zero-order valence-electron chi connectivity index (χ0n) is 15.6. The van der Waals surface area contributed by atoms with Crippen LogP contribution in [0.1, 0.15) is 41.6 Å². The topological polar surface area (TPSA) is 70.2 Å². The fraction of sp³-hybridized carbons (Fsp3) is 0.364. The highest BCUT2D eigenvalue weighted by Crippen LogP contribution is 2.55. The number of halogens is 1. The van der Waals surface area contributed by atoms with Gasteiger partial charge in [0.05, 0.1) is 0 Å². The van der Waals surface area contributed by atoms with E-state index in [-0.39, 0.29) is 24.0 Å². The Kier molecular flexibility index (Phi) is 5.27. The molecule has 3 amide bonds. The van der Waals surface area contributed by atoms with E-state index in [1.807, 2.05) is 54.6 Å². The van der Waals surface area contributed by atoms with Crippen LogP contribution in [0.25, 0.3) is 0 Å². The van der Waals surface area contributed by atoms with Gasteiger partial charge in [0.1, 0.15) is 0 Å². The summed E-state index contributed by atoms with van der Waals surface area (Å²) >= 11 is 5.86. The van der Waals surface area contributed by atoms with Gasteiger partial charge in [-0.1, -0.05) is 41.9 Å². The van der Waals surface area contributed by atoms with E-state index in [1.54, 1.807) is 0 Å². The first-order chi connectivity index (χ1) is 13.5. The molecule has 4 rings (SSSR count). The third-order valence-corrected chi connectivity index (χ3v) is 6.04. The number of carbonyl (C=O) groups excluding carboxylic acids is 2. The SMILES string of the molecule is O=C(NCc1ccc(Cl)cc1)NC1CC2(C1)CC(NC(=O)c1ccccc1)C2. The number of hydrogen-bond donors (Lipinski definition) is 3. The predicted octanol–water partition coefficient (Wildman–Crippen LogP) is 3.88. The van der Waals surface area contributed by atoms with E-state index in [2.05, 4.69) is 16.0 Å². The second-order valence-electron chi connectivity index (χ2n) is 8.00. The second-order valence-corrected chi connectivity index (χ2v) is 8.44. The predicted molar refractivity (Wildman–Crippen MR) is 109 cm³/mol. The van der Waals surface area contributed by atoms with Crippen LogP contribution in [0.2, 0.25) is 5.02 Å². The summed E-state index contributed by atoms with van der Waals surface area (Å²) in [5.41, 5.74) is 2.01. The average molecular weight is 398 g/mol. The van der Waals surface area contributed by atoms with Gasteiger partial charge >= 0.3 is 6.03 Å². The Balaban J connectivity index is 1.14. The molecule has 2 aromatic rings. The molecule has 0 atom stereocenters. The van der Waals surface area contributed by atoms with Gasteiger partial charge in [-0.15, -0.1) is 0 Å². The van der Waals surface area contributed by atoms with Gasteiger partial charge in [-0.3, -0.25) is 4.79 Å². The smallest absolute Gasteiger partial charge is 0.315 e. The molecule has 0 unspecified atom stereocenters. The number of nitrogens with one attached hydrogen (secondary N) is 3. The molecule has 2 saturated carbocycles. The van der Waals surface area contributed by atoms with Crippen LogP contribution in [0.3, 0.4) is 0 Å². The van der Waals surface area contributed by atoms with E-state index in [0.717, 1.165) is 31.2 Å². The van der Waals surface area contributed by atoms with Gasteiger partial charge in [0.15, 0.2) is 0 Å². The maximum atomic E-state index is 12.2. The lowest BCUT2D eigenvalue weighted by atomic mass is 9.52. The Bertz CT molecular complexity index is 840. The number of rotatable bonds is 5. The third kappa shape index (κ3) is 4.30. The van der Waals surface area contributed by atoms with E-state index < -0.39 is 0 Å². The summed E-state index contributed by atoms with van der Waals surface area (Å²) in [6, 6.07) is 17.1. The number of amides is 3. The minimum Gasteiger partial charge on any atom is -0.349 e. The third-order valence-electron chi connectivity index (χ3n) is 5.79. The summed E-state index contributed by atoms with van der Waals surface area (Å²) in [5.74, 6) is -0.00368. The Morgan fingerprint density at radius 2 is 1.50 bits per heavy atom. The van der Waals surface area contributed by atoms with E-state index in [1.165, 1.54) is 0 Å². The molecule has 5 nitrogen and oxygen atoms in total. The zero-order chi connectivity index (χ0) is 19.6. The maximum Gasteiger partial charge on any atom is 0.315 e. The lowest BCUT2D eigenvalue weighted by molar-refractivity contribution is -0.0236. The normalized spacial score (nSPS) is 25.3. The molecule has 28 heavy (non-hydrogen) atoms. The molecule has 0 aromatic heterocycles. The van der Waals surface area contributed by atoms with Crippen molar-refractivity contribution in [1.29, 1.82) is 0 Å². The van der Waals surface area contributed by atoms with Crippen LogP contribution in [0.15, 0.2) is 54.6 Å². The quantitative estimate of drug-likeness (QED) is 0.716. The number of benzene rings is 2. The molecule has 0 radical (unpaired) electrons. The highest BCUT2D eigenvalue weighted by Gasteiger charge is 2.53. The summed E-state index contributed by atoms with van der Waals surface area (Å²) in [5, 5.41) is 9.72. The Morgan fingerprint density at radius 3 is 2.14 bits per heavy atom. The largest absolute Gasteiger partial charge is 0.349 e. The van der Waals surface area contributed by atoms with Crippen LogP contribution in [-0.4, -0.2) is 24.0 Å². The summed E-state index contributed by atoms with van der Waals surface area (Å²) in [7, 11) is 0. The van der Waals surface area contributed by atoms with Gasteiger partial charge in [0, 0.05) is 29.2 Å². The molecule has 1 spiro atoms. The van der Waals surface area contributed by atoms with Crippen molar-refractivity contribution in [2.45, 2.75) is 44.3 Å². The molecule has 0 bridgehead atoms. The zero-order valence-corrected chi connectivity index (χ0v) is 16.3. The minimum atomic E-state index is -0.136. The van der Waals surface area contributed by atoms with Gasteiger partial charge in [-0.25, -0.2) is 4.79 Å². The molecule has 0 aliphatic heterocycles. The lowest BCUT2D eigenvalue weighted by Gasteiger charge is -2.57. The van der Waals surface area contributed by atoms with Crippen LogP contribution >= 0.6 is 11.6 Å². The Hall–Kier alpha value is -2.53. The summed E-state index contributed by atoms with van der Waals surface area (Å²) in [6.07, 6.45) is 3.96. The van der Waals surface area contributed by atoms with Crippen molar-refractivity contribution in [2.75, 3.05) is 0 Å². The van der Waals surface area contributed by atoms with Crippen LogP contribution < -0.4 is 16.0 Å². The minimum absolute atomic E-state index is 0.00368. The van der Waals surface area contributed by atoms with Crippen molar-refractivity contribution in [3.05, 3.63) is 70.7 Å². The van der Waals surface area contributed by atoms with E-state index in [9.17, 15) is 9.59 Å². The Labute approximate surface area is 169 Å². The summed E-state index contributed by atoms with van der Waals surface area (Å²) in [4.78, 5) is 24.3. The molecular weight excluding hydrogens is 374 g/mol. The van der Waals surface area contributed by atoms with Gasteiger partial charge in [-0.05, 0) is 60.9 Å². The maximum absolute atomic E-state index is 12.2. The first-order valence-corrected chi connectivity index (χ1v) is 10.0. The monoisotopic (exact) mass is 397 g/mol. The molecule has 146 valence electrons. The van der Waals surface area contributed by atoms with Crippen molar-refractivity contribution in [3.8, 4) is 0 Å². The van der Waals surface area contributed by atoms with Crippen LogP contribution in [-0.2, 0) is 6.54 Å². The average Bonchev–Trinajstić information content (AvgIpc) is 2.64. The van der Waals surface area contributed by atoms with E-state index in [4.69, 9.17) is 11.6 Å². The summed E-state index contributed by atoms with van der Waals surface area (Å²) < 4.78 is 0. The fourth-order valence-corrected chi connectivity index (χ4v) is 4.51. The Morgan fingerprint density at radius 1 is 0.893 bits per heavy atom. The highest BCUT2D eigenvalue weighted by atomic mass is 35.5. The van der Waals surface area contributed by atoms with Crippen LogP contribution in [0.5, 0.6) is 0 Å². The van der Waals surface area contributed by atoms with E-state index in [0.29, 0.717) is 22.5 Å². The lowest BCUT2D eigenvalue weighted by Crippen LogP contribution is -2.61. The van der Waals surface area contributed by atoms with Gasteiger partial charge in [0.2, 0.25) is 0 Å². The van der Waals surface area contributed by atoms with Gasteiger partial charge < -0.3 is 16.0 Å². The number of hydrogen-bond acceptors (Lipinski definition) is 2. The van der Waals surface area contributed by atoms with E-state index >= 15 is 0 Å². The number of carbonyl (C=O) groups is 2. The molecule has 2 aromatic carbocycles. The standard InChI is InChI=1S/C22H24ClN3O2/c23-17-8-6-15(7-9-17)14-24-21(28)26-19-12-22(13-19)10-18(11-22)25-20(27)16-4-2-1-3-5-16/h1-9,18-19H,10-14H2,(H,25,27)(H2,24,26,28).